The quantitative estimate of drug-likeness (QED) is 0.773. The number of aromatic nitrogens is 2. The molecule has 1 heterocycles. The van der Waals surface area contributed by atoms with Crippen LogP contribution in [0.2, 0.25) is 0 Å². The van der Waals surface area contributed by atoms with Crippen molar-refractivity contribution in [1.82, 2.24) is 20.0 Å². The van der Waals surface area contributed by atoms with E-state index in [0.29, 0.717) is 12.2 Å². The van der Waals surface area contributed by atoms with E-state index in [2.05, 4.69) is 29.2 Å². The van der Waals surface area contributed by atoms with E-state index in [-0.39, 0.29) is 0 Å². The zero-order valence-corrected chi connectivity index (χ0v) is 11.6. The van der Waals surface area contributed by atoms with Crippen molar-refractivity contribution in [2.75, 3.05) is 26.2 Å². The largest absolute Gasteiger partial charge is 0.435 e. The highest BCUT2D eigenvalue weighted by atomic mass is 19.4. The molecule has 4 nitrogen and oxygen atoms in total. The Balaban J connectivity index is 2.44. The van der Waals surface area contributed by atoms with Gasteiger partial charge >= 0.3 is 6.18 Å². The maximum Gasteiger partial charge on any atom is 0.435 e. The van der Waals surface area contributed by atoms with Crippen molar-refractivity contribution >= 4 is 0 Å². The number of halogens is 3. The van der Waals surface area contributed by atoms with Gasteiger partial charge in [0.2, 0.25) is 0 Å². The van der Waals surface area contributed by atoms with Gasteiger partial charge in [-0.3, -0.25) is 4.68 Å². The minimum absolute atomic E-state index is 0.390. The van der Waals surface area contributed by atoms with Crippen molar-refractivity contribution in [2.24, 2.45) is 7.05 Å². The van der Waals surface area contributed by atoms with E-state index in [4.69, 9.17) is 0 Å². The standard InChI is InChI=1S/C12H21F3N4/c1-4-19(5-2)7-6-16-9-10-8-11(12(13,14)15)17-18(10)3/h8,16H,4-7,9H2,1-3H3. The van der Waals surface area contributed by atoms with Gasteiger partial charge < -0.3 is 10.2 Å². The van der Waals surface area contributed by atoms with Crippen LogP contribution >= 0.6 is 0 Å². The second kappa shape index (κ2) is 6.91. The second-order valence-corrected chi connectivity index (χ2v) is 4.35. The fourth-order valence-electron chi connectivity index (χ4n) is 1.80. The number of nitrogens with zero attached hydrogens (tertiary/aromatic N) is 3. The zero-order valence-electron chi connectivity index (χ0n) is 11.6. The van der Waals surface area contributed by atoms with Crippen molar-refractivity contribution in [3.8, 4) is 0 Å². The molecule has 0 spiro atoms. The maximum atomic E-state index is 12.5. The maximum absolute atomic E-state index is 12.5. The molecule has 0 bridgehead atoms. The Morgan fingerprint density at radius 1 is 1.32 bits per heavy atom. The van der Waals surface area contributed by atoms with Crippen LogP contribution in [0.1, 0.15) is 25.2 Å². The Morgan fingerprint density at radius 2 is 1.95 bits per heavy atom. The molecule has 0 fully saturated rings. The molecule has 1 aromatic heterocycles. The Labute approximate surface area is 111 Å². The molecule has 0 aliphatic heterocycles. The van der Waals surface area contributed by atoms with Crippen LogP contribution in [-0.4, -0.2) is 40.9 Å². The van der Waals surface area contributed by atoms with E-state index < -0.39 is 11.9 Å². The van der Waals surface area contributed by atoms with E-state index in [9.17, 15) is 13.2 Å². The van der Waals surface area contributed by atoms with Gasteiger partial charge in [-0.15, -0.1) is 0 Å². The van der Waals surface area contributed by atoms with Crippen LogP contribution in [-0.2, 0) is 19.8 Å². The summed E-state index contributed by atoms with van der Waals surface area (Å²) in [6.07, 6.45) is -4.38. The van der Waals surface area contributed by atoms with Crippen molar-refractivity contribution in [3.05, 3.63) is 17.5 Å². The molecule has 7 heteroatoms. The first-order chi connectivity index (χ1) is 8.88. The molecule has 19 heavy (non-hydrogen) atoms. The van der Waals surface area contributed by atoms with Gasteiger partial charge in [-0.05, 0) is 19.2 Å². The average molecular weight is 278 g/mol. The summed E-state index contributed by atoms with van der Waals surface area (Å²) in [5, 5.41) is 6.61. The lowest BCUT2D eigenvalue weighted by Gasteiger charge is -2.17. The lowest BCUT2D eigenvalue weighted by molar-refractivity contribution is -0.141. The summed E-state index contributed by atoms with van der Waals surface area (Å²) in [6.45, 7) is 8.14. The van der Waals surface area contributed by atoms with Gasteiger partial charge in [0.15, 0.2) is 5.69 Å². The summed E-state index contributed by atoms with van der Waals surface area (Å²) in [5.74, 6) is 0. The third-order valence-electron chi connectivity index (χ3n) is 3.07. The van der Waals surface area contributed by atoms with Gasteiger partial charge in [0.05, 0.1) is 5.69 Å². The molecule has 0 aliphatic carbocycles. The number of alkyl halides is 3. The van der Waals surface area contributed by atoms with E-state index >= 15 is 0 Å². The minimum Gasteiger partial charge on any atom is -0.310 e. The molecule has 0 atom stereocenters. The Hall–Kier alpha value is -1.08. The number of rotatable bonds is 7. The average Bonchev–Trinajstić information content (AvgIpc) is 2.71. The smallest absolute Gasteiger partial charge is 0.310 e. The zero-order chi connectivity index (χ0) is 14.5. The van der Waals surface area contributed by atoms with Crippen molar-refractivity contribution in [2.45, 2.75) is 26.6 Å². The normalized spacial score (nSPS) is 12.4. The predicted octanol–water partition coefficient (Wildman–Crippen LogP) is 1.87. The summed E-state index contributed by atoms with van der Waals surface area (Å²) in [4.78, 5) is 2.25. The predicted molar refractivity (Wildman–Crippen MR) is 67.7 cm³/mol. The minimum atomic E-state index is -4.38. The fourth-order valence-corrected chi connectivity index (χ4v) is 1.80. The topological polar surface area (TPSA) is 33.1 Å². The molecular formula is C12H21F3N4. The lowest BCUT2D eigenvalue weighted by atomic mass is 10.3. The van der Waals surface area contributed by atoms with Gasteiger partial charge in [-0.2, -0.15) is 18.3 Å². The van der Waals surface area contributed by atoms with Gasteiger partial charge in [0, 0.05) is 26.7 Å². The second-order valence-electron chi connectivity index (χ2n) is 4.35. The number of nitrogens with one attached hydrogen (secondary N) is 1. The van der Waals surface area contributed by atoms with Crippen LogP contribution in [0.25, 0.3) is 0 Å². The third kappa shape index (κ3) is 4.83. The Kier molecular flexibility index (Phi) is 5.81. The molecule has 1 N–H and O–H groups in total. The molecule has 0 unspecified atom stereocenters. The molecule has 0 saturated heterocycles. The number of likely N-dealkylation sites (N-methyl/N-ethyl adjacent to an activating group) is 1. The highest BCUT2D eigenvalue weighted by Gasteiger charge is 2.34. The van der Waals surface area contributed by atoms with E-state index in [0.717, 1.165) is 32.2 Å². The molecule has 1 rings (SSSR count). The molecular weight excluding hydrogens is 257 g/mol. The Bertz CT molecular complexity index is 383. The first kappa shape index (κ1) is 16.0. The summed E-state index contributed by atoms with van der Waals surface area (Å²) in [7, 11) is 1.52. The van der Waals surface area contributed by atoms with Crippen molar-refractivity contribution in [3.63, 3.8) is 0 Å². The molecule has 0 aliphatic rings. The van der Waals surface area contributed by atoms with E-state index in [1.54, 1.807) is 0 Å². The van der Waals surface area contributed by atoms with Crippen LogP contribution in [0.15, 0.2) is 6.07 Å². The van der Waals surface area contributed by atoms with Crippen LogP contribution in [0.4, 0.5) is 13.2 Å². The van der Waals surface area contributed by atoms with Crippen molar-refractivity contribution < 1.29 is 13.2 Å². The number of hydrogen-bond donors (Lipinski definition) is 1. The summed E-state index contributed by atoms with van der Waals surface area (Å²) in [6, 6.07) is 1.09. The van der Waals surface area contributed by atoms with Crippen molar-refractivity contribution in [1.29, 1.82) is 0 Å². The number of aryl methyl sites for hydroxylation is 1. The highest BCUT2D eigenvalue weighted by molar-refractivity contribution is 5.12. The van der Waals surface area contributed by atoms with Gasteiger partial charge in [0.1, 0.15) is 0 Å². The molecule has 0 saturated carbocycles. The summed E-state index contributed by atoms with van der Waals surface area (Å²) >= 11 is 0. The molecule has 0 aromatic carbocycles. The van der Waals surface area contributed by atoms with E-state index in [1.165, 1.54) is 11.7 Å². The monoisotopic (exact) mass is 278 g/mol. The first-order valence-electron chi connectivity index (χ1n) is 6.41. The number of hydrogen-bond acceptors (Lipinski definition) is 3. The molecule has 0 amide bonds. The Morgan fingerprint density at radius 3 is 2.42 bits per heavy atom. The van der Waals surface area contributed by atoms with E-state index in [1.807, 2.05) is 0 Å². The molecule has 0 radical (unpaired) electrons. The van der Waals surface area contributed by atoms with Crippen LogP contribution in [0.5, 0.6) is 0 Å². The van der Waals surface area contributed by atoms with Crippen LogP contribution in [0, 0.1) is 0 Å². The van der Waals surface area contributed by atoms with Gasteiger partial charge in [-0.1, -0.05) is 13.8 Å². The summed E-state index contributed by atoms with van der Waals surface area (Å²) in [5.41, 5.74) is -0.303. The third-order valence-corrected chi connectivity index (χ3v) is 3.07. The highest BCUT2D eigenvalue weighted by Crippen LogP contribution is 2.28. The molecule has 110 valence electrons. The summed E-state index contributed by atoms with van der Waals surface area (Å²) < 4.78 is 38.7. The van der Waals surface area contributed by atoms with Gasteiger partial charge in [-0.25, -0.2) is 0 Å². The molecule has 1 aromatic rings. The lowest BCUT2D eigenvalue weighted by Crippen LogP contribution is -2.31. The SMILES string of the molecule is CCN(CC)CCNCc1cc(C(F)(F)F)nn1C. The first-order valence-corrected chi connectivity index (χ1v) is 6.41. The fraction of sp³-hybridized carbons (Fsp3) is 0.750. The van der Waals surface area contributed by atoms with Crippen LogP contribution < -0.4 is 5.32 Å². The van der Waals surface area contributed by atoms with Crippen LogP contribution in [0.3, 0.4) is 0 Å². The van der Waals surface area contributed by atoms with Gasteiger partial charge in [0.25, 0.3) is 0 Å².